The number of benzene rings is 1. The van der Waals surface area contributed by atoms with E-state index in [-0.39, 0.29) is 6.04 Å². The van der Waals surface area contributed by atoms with Gasteiger partial charge in [0.05, 0.1) is 12.7 Å². The molecule has 1 aromatic carbocycles. The first-order valence-electron chi connectivity index (χ1n) is 5.88. The standard InChI is InChI=1S/C13H20ClNO2/c1-3-17-9-13(16)8-15-10(2)11-4-6-12(14)7-5-11/h4-7,10,13,15-16H,3,8-9H2,1-2H3. The number of halogens is 1. The van der Waals surface area contributed by atoms with Crippen molar-refractivity contribution in [3.63, 3.8) is 0 Å². The Morgan fingerprint density at radius 1 is 1.35 bits per heavy atom. The zero-order valence-corrected chi connectivity index (χ0v) is 11.1. The third-order valence-electron chi connectivity index (χ3n) is 2.54. The molecule has 17 heavy (non-hydrogen) atoms. The van der Waals surface area contributed by atoms with Crippen LogP contribution in [0.15, 0.2) is 24.3 Å². The summed E-state index contributed by atoms with van der Waals surface area (Å²) in [7, 11) is 0. The van der Waals surface area contributed by atoms with Crippen LogP contribution in [0.25, 0.3) is 0 Å². The highest BCUT2D eigenvalue weighted by Gasteiger charge is 2.08. The van der Waals surface area contributed by atoms with E-state index in [1.807, 2.05) is 31.2 Å². The zero-order valence-electron chi connectivity index (χ0n) is 10.3. The molecule has 0 heterocycles. The SMILES string of the molecule is CCOCC(O)CNC(C)c1ccc(Cl)cc1. The van der Waals surface area contributed by atoms with Crippen molar-refractivity contribution < 1.29 is 9.84 Å². The second kappa shape index (κ2) is 7.67. The molecule has 0 saturated carbocycles. The molecule has 1 aromatic rings. The fourth-order valence-electron chi connectivity index (χ4n) is 1.49. The summed E-state index contributed by atoms with van der Waals surface area (Å²) in [6, 6.07) is 7.88. The van der Waals surface area contributed by atoms with Gasteiger partial charge in [0.1, 0.15) is 0 Å². The van der Waals surface area contributed by atoms with Gasteiger partial charge < -0.3 is 15.2 Å². The number of aliphatic hydroxyl groups excluding tert-OH is 1. The van der Waals surface area contributed by atoms with E-state index in [2.05, 4.69) is 12.2 Å². The molecule has 0 radical (unpaired) electrons. The Morgan fingerprint density at radius 2 is 2.00 bits per heavy atom. The number of hydrogen-bond acceptors (Lipinski definition) is 3. The topological polar surface area (TPSA) is 41.5 Å². The van der Waals surface area contributed by atoms with E-state index >= 15 is 0 Å². The van der Waals surface area contributed by atoms with Crippen molar-refractivity contribution in [2.45, 2.75) is 26.0 Å². The molecule has 2 atom stereocenters. The molecule has 3 nitrogen and oxygen atoms in total. The van der Waals surface area contributed by atoms with Gasteiger partial charge in [-0.05, 0) is 31.5 Å². The average Bonchev–Trinajstić information content (AvgIpc) is 2.34. The summed E-state index contributed by atoms with van der Waals surface area (Å²) >= 11 is 5.82. The maximum Gasteiger partial charge on any atom is 0.0897 e. The summed E-state index contributed by atoms with van der Waals surface area (Å²) in [5.41, 5.74) is 1.15. The third kappa shape index (κ3) is 5.50. The maximum absolute atomic E-state index is 9.61. The highest BCUT2D eigenvalue weighted by molar-refractivity contribution is 6.30. The van der Waals surface area contributed by atoms with Crippen LogP contribution in [0.4, 0.5) is 0 Å². The number of rotatable bonds is 7. The van der Waals surface area contributed by atoms with Crippen LogP contribution in [0.1, 0.15) is 25.5 Å². The van der Waals surface area contributed by atoms with Gasteiger partial charge in [-0.2, -0.15) is 0 Å². The van der Waals surface area contributed by atoms with Crippen molar-refractivity contribution in [3.05, 3.63) is 34.9 Å². The lowest BCUT2D eigenvalue weighted by Gasteiger charge is -2.17. The molecule has 96 valence electrons. The van der Waals surface area contributed by atoms with Crippen LogP contribution >= 0.6 is 11.6 Å². The quantitative estimate of drug-likeness (QED) is 0.788. The second-order valence-corrected chi connectivity index (χ2v) is 4.43. The fraction of sp³-hybridized carbons (Fsp3) is 0.538. The van der Waals surface area contributed by atoms with Crippen LogP contribution in [0.5, 0.6) is 0 Å². The number of hydrogen-bond donors (Lipinski definition) is 2. The van der Waals surface area contributed by atoms with Gasteiger partial charge in [-0.25, -0.2) is 0 Å². The van der Waals surface area contributed by atoms with E-state index in [4.69, 9.17) is 16.3 Å². The Balaban J connectivity index is 2.34. The first-order chi connectivity index (χ1) is 8.13. The molecule has 0 aliphatic carbocycles. The second-order valence-electron chi connectivity index (χ2n) is 3.99. The molecular formula is C13H20ClNO2. The van der Waals surface area contributed by atoms with Gasteiger partial charge in [0, 0.05) is 24.2 Å². The minimum absolute atomic E-state index is 0.184. The van der Waals surface area contributed by atoms with Crippen molar-refractivity contribution >= 4 is 11.6 Å². The Bertz CT molecular complexity index is 316. The predicted octanol–water partition coefficient (Wildman–Crippen LogP) is 2.39. The van der Waals surface area contributed by atoms with E-state index < -0.39 is 6.10 Å². The Kier molecular flexibility index (Phi) is 6.52. The highest BCUT2D eigenvalue weighted by atomic mass is 35.5. The van der Waals surface area contributed by atoms with Gasteiger partial charge in [0.25, 0.3) is 0 Å². The minimum atomic E-state index is -0.468. The van der Waals surface area contributed by atoms with Crippen LogP contribution in [0.3, 0.4) is 0 Å². The lowest BCUT2D eigenvalue weighted by atomic mass is 10.1. The molecular weight excluding hydrogens is 238 g/mol. The summed E-state index contributed by atoms with van der Waals surface area (Å²) in [4.78, 5) is 0. The normalized spacial score (nSPS) is 14.6. The van der Waals surface area contributed by atoms with Gasteiger partial charge in [-0.15, -0.1) is 0 Å². The summed E-state index contributed by atoms with van der Waals surface area (Å²) in [6.07, 6.45) is -0.468. The molecule has 4 heteroatoms. The molecule has 2 N–H and O–H groups in total. The zero-order chi connectivity index (χ0) is 12.7. The Labute approximate surface area is 108 Å². The van der Waals surface area contributed by atoms with Crippen molar-refractivity contribution in [1.82, 2.24) is 5.32 Å². The molecule has 2 unspecified atom stereocenters. The van der Waals surface area contributed by atoms with Crippen molar-refractivity contribution in [1.29, 1.82) is 0 Å². The molecule has 1 rings (SSSR count). The number of aliphatic hydroxyl groups is 1. The van der Waals surface area contributed by atoms with Crippen molar-refractivity contribution in [3.8, 4) is 0 Å². The average molecular weight is 258 g/mol. The predicted molar refractivity (Wildman–Crippen MR) is 70.4 cm³/mol. The monoisotopic (exact) mass is 257 g/mol. The molecule has 0 amide bonds. The Morgan fingerprint density at radius 3 is 2.59 bits per heavy atom. The first kappa shape index (κ1) is 14.5. The smallest absolute Gasteiger partial charge is 0.0897 e. The molecule has 0 aliphatic rings. The van der Waals surface area contributed by atoms with Gasteiger partial charge >= 0.3 is 0 Å². The van der Waals surface area contributed by atoms with Crippen LogP contribution in [-0.4, -0.2) is 31.0 Å². The Hall–Kier alpha value is -0.610. The van der Waals surface area contributed by atoms with Crippen molar-refractivity contribution in [2.24, 2.45) is 0 Å². The summed E-state index contributed by atoms with van der Waals surface area (Å²) in [5, 5.41) is 13.6. The maximum atomic E-state index is 9.61. The lowest BCUT2D eigenvalue weighted by Crippen LogP contribution is -2.32. The molecule has 0 aromatic heterocycles. The summed E-state index contributed by atoms with van der Waals surface area (Å²) in [6.45, 7) is 5.48. The molecule has 0 spiro atoms. The fourth-order valence-corrected chi connectivity index (χ4v) is 1.62. The van der Waals surface area contributed by atoms with Crippen molar-refractivity contribution in [2.75, 3.05) is 19.8 Å². The van der Waals surface area contributed by atoms with E-state index in [9.17, 15) is 5.11 Å². The molecule has 0 fully saturated rings. The largest absolute Gasteiger partial charge is 0.389 e. The minimum Gasteiger partial charge on any atom is -0.389 e. The molecule has 0 aliphatic heterocycles. The van der Waals surface area contributed by atoms with Crippen LogP contribution in [-0.2, 0) is 4.74 Å². The van der Waals surface area contributed by atoms with Gasteiger partial charge in [-0.3, -0.25) is 0 Å². The van der Waals surface area contributed by atoms with Crippen LogP contribution < -0.4 is 5.32 Å². The van der Waals surface area contributed by atoms with E-state index in [0.29, 0.717) is 19.8 Å². The third-order valence-corrected chi connectivity index (χ3v) is 2.80. The lowest BCUT2D eigenvalue weighted by molar-refractivity contribution is 0.0416. The van der Waals surface area contributed by atoms with Crippen LogP contribution in [0, 0.1) is 0 Å². The van der Waals surface area contributed by atoms with E-state index in [1.54, 1.807) is 0 Å². The molecule has 0 bridgehead atoms. The van der Waals surface area contributed by atoms with Crippen LogP contribution in [0.2, 0.25) is 5.02 Å². The van der Waals surface area contributed by atoms with Gasteiger partial charge in [0.2, 0.25) is 0 Å². The summed E-state index contributed by atoms with van der Waals surface area (Å²) in [5.74, 6) is 0. The number of nitrogens with one attached hydrogen (secondary N) is 1. The summed E-state index contributed by atoms with van der Waals surface area (Å²) < 4.78 is 5.14. The van der Waals surface area contributed by atoms with E-state index in [0.717, 1.165) is 10.6 Å². The first-order valence-corrected chi connectivity index (χ1v) is 6.26. The number of ether oxygens (including phenoxy) is 1. The van der Waals surface area contributed by atoms with Gasteiger partial charge in [-0.1, -0.05) is 23.7 Å². The van der Waals surface area contributed by atoms with E-state index in [1.165, 1.54) is 0 Å². The molecule has 0 saturated heterocycles. The van der Waals surface area contributed by atoms with Gasteiger partial charge in [0.15, 0.2) is 0 Å². The highest BCUT2D eigenvalue weighted by Crippen LogP contribution is 2.15.